The summed E-state index contributed by atoms with van der Waals surface area (Å²) in [6.07, 6.45) is -0.346. The minimum absolute atomic E-state index is 0.145. The first-order valence-corrected chi connectivity index (χ1v) is 5.86. The second-order valence-corrected chi connectivity index (χ2v) is 4.84. The molecule has 0 saturated heterocycles. The van der Waals surface area contributed by atoms with E-state index in [1.54, 1.807) is 6.92 Å². The van der Waals surface area contributed by atoms with Crippen molar-refractivity contribution in [3.63, 3.8) is 0 Å². The van der Waals surface area contributed by atoms with Gasteiger partial charge in [-0.15, -0.1) is 0 Å². The van der Waals surface area contributed by atoms with E-state index in [9.17, 15) is 5.11 Å². The van der Waals surface area contributed by atoms with E-state index in [0.29, 0.717) is 0 Å². The molecule has 0 bridgehead atoms. The highest BCUT2D eigenvalue weighted by Gasteiger charge is 2.11. The second-order valence-electron chi connectivity index (χ2n) is 3.98. The molecule has 1 N–H and O–H groups in total. The van der Waals surface area contributed by atoms with Crippen LogP contribution in [0.2, 0.25) is 0 Å². The second kappa shape index (κ2) is 4.99. The number of ether oxygens (including phenoxy) is 1. The molecule has 0 aliphatic heterocycles. The Morgan fingerprint density at radius 3 is 2.33 bits per heavy atom. The van der Waals surface area contributed by atoms with Crippen molar-refractivity contribution in [1.29, 1.82) is 0 Å². The van der Waals surface area contributed by atoms with Gasteiger partial charge in [-0.05, 0) is 51.0 Å². The summed E-state index contributed by atoms with van der Waals surface area (Å²) in [6, 6.07) is 3.86. The van der Waals surface area contributed by atoms with Gasteiger partial charge < -0.3 is 9.84 Å². The van der Waals surface area contributed by atoms with Crippen LogP contribution in [0.4, 0.5) is 0 Å². The first-order valence-electron chi connectivity index (χ1n) is 5.06. The summed E-state index contributed by atoms with van der Waals surface area (Å²) < 4.78 is 6.58. The number of hydrogen-bond acceptors (Lipinski definition) is 2. The van der Waals surface area contributed by atoms with E-state index in [1.807, 2.05) is 32.9 Å². The molecule has 1 aromatic carbocycles. The Kier molecular flexibility index (Phi) is 4.17. The number of halogens is 1. The Balaban J connectivity index is 3.11. The molecule has 0 fully saturated rings. The lowest BCUT2D eigenvalue weighted by Gasteiger charge is -2.16. The maximum Gasteiger partial charge on any atom is 0.123 e. The average molecular weight is 273 g/mol. The lowest BCUT2D eigenvalue weighted by molar-refractivity contribution is 0.196. The summed E-state index contributed by atoms with van der Waals surface area (Å²) in [5.41, 5.74) is 1.93. The van der Waals surface area contributed by atoms with Gasteiger partial charge in [0.15, 0.2) is 0 Å². The molecule has 0 heterocycles. The molecule has 1 atom stereocenters. The Labute approximate surface area is 99.4 Å². The van der Waals surface area contributed by atoms with Crippen molar-refractivity contribution in [3.8, 4) is 5.75 Å². The first-order chi connectivity index (χ1) is 6.91. The molecule has 15 heavy (non-hydrogen) atoms. The van der Waals surface area contributed by atoms with Gasteiger partial charge in [0.05, 0.1) is 12.2 Å². The molecule has 0 spiro atoms. The number of aryl methyl sites for hydroxylation is 1. The molecular weight excluding hydrogens is 256 g/mol. The molecule has 1 unspecified atom stereocenters. The predicted molar refractivity (Wildman–Crippen MR) is 65.3 cm³/mol. The largest absolute Gasteiger partial charge is 0.491 e. The third-order valence-corrected chi connectivity index (χ3v) is 2.79. The van der Waals surface area contributed by atoms with Crippen LogP contribution < -0.4 is 4.74 Å². The molecule has 0 aliphatic rings. The molecule has 0 radical (unpaired) electrons. The van der Waals surface area contributed by atoms with E-state index in [-0.39, 0.29) is 6.10 Å². The molecule has 0 aliphatic carbocycles. The highest BCUT2D eigenvalue weighted by Crippen LogP contribution is 2.31. The topological polar surface area (TPSA) is 29.5 Å². The fraction of sp³-hybridized carbons (Fsp3) is 0.500. The van der Waals surface area contributed by atoms with Gasteiger partial charge in [0, 0.05) is 4.47 Å². The lowest BCUT2D eigenvalue weighted by Crippen LogP contribution is -2.07. The molecular formula is C12H17BrO2. The first kappa shape index (κ1) is 12.5. The normalized spacial score (nSPS) is 13.0. The van der Waals surface area contributed by atoms with Crippen molar-refractivity contribution in [1.82, 2.24) is 0 Å². The van der Waals surface area contributed by atoms with Crippen molar-refractivity contribution in [3.05, 3.63) is 27.7 Å². The maximum atomic E-state index is 9.57. The third kappa shape index (κ3) is 3.21. The van der Waals surface area contributed by atoms with Gasteiger partial charge in [0.2, 0.25) is 0 Å². The van der Waals surface area contributed by atoms with Gasteiger partial charge >= 0.3 is 0 Å². The van der Waals surface area contributed by atoms with Gasteiger partial charge in [-0.2, -0.15) is 0 Å². The zero-order valence-electron chi connectivity index (χ0n) is 9.54. The lowest BCUT2D eigenvalue weighted by atomic mass is 10.1. The van der Waals surface area contributed by atoms with Gasteiger partial charge in [0.1, 0.15) is 5.75 Å². The molecule has 1 rings (SSSR count). The maximum absolute atomic E-state index is 9.57. The number of aliphatic hydroxyl groups excluding tert-OH is 1. The Morgan fingerprint density at radius 2 is 1.87 bits per heavy atom. The average Bonchev–Trinajstić information content (AvgIpc) is 2.08. The molecule has 0 saturated carbocycles. The van der Waals surface area contributed by atoms with E-state index in [0.717, 1.165) is 21.3 Å². The van der Waals surface area contributed by atoms with Crippen molar-refractivity contribution in [2.24, 2.45) is 0 Å². The predicted octanol–water partition coefficient (Wildman–Crippen LogP) is 3.60. The summed E-state index contributed by atoms with van der Waals surface area (Å²) in [4.78, 5) is 0. The van der Waals surface area contributed by atoms with Crippen LogP contribution in [-0.2, 0) is 0 Å². The quantitative estimate of drug-likeness (QED) is 0.911. The van der Waals surface area contributed by atoms with E-state index in [1.165, 1.54) is 0 Å². The van der Waals surface area contributed by atoms with Crippen molar-refractivity contribution in [2.45, 2.75) is 39.9 Å². The summed E-state index contributed by atoms with van der Waals surface area (Å²) >= 11 is 3.43. The van der Waals surface area contributed by atoms with Crippen molar-refractivity contribution in [2.75, 3.05) is 0 Å². The number of rotatable bonds is 3. The van der Waals surface area contributed by atoms with E-state index in [2.05, 4.69) is 15.9 Å². The number of aliphatic hydroxyl groups is 1. The molecule has 2 nitrogen and oxygen atoms in total. The zero-order valence-corrected chi connectivity index (χ0v) is 11.1. The minimum atomic E-state index is -0.491. The minimum Gasteiger partial charge on any atom is -0.491 e. The highest BCUT2D eigenvalue weighted by atomic mass is 79.9. The van der Waals surface area contributed by atoms with E-state index in [4.69, 9.17) is 4.74 Å². The van der Waals surface area contributed by atoms with Crippen LogP contribution in [0.15, 0.2) is 16.6 Å². The summed E-state index contributed by atoms with van der Waals surface area (Å²) in [5.74, 6) is 0.837. The summed E-state index contributed by atoms with van der Waals surface area (Å²) in [6.45, 7) is 7.72. The highest BCUT2D eigenvalue weighted by molar-refractivity contribution is 9.10. The van der Waals surface area contributed by atoms with Crippen molar-refractivity contribution < 1.29 is 9.84 Å². The van der Waals surface area contributed by atoms with E-state index < -0.39 is 6.10 Å². The summed E-state index contributed by atoms with van der Waals surface area (Å²) in [7, 11) is 0. The van der Waals surface area contributed by atoms with Gasteiger partial charge in [-0.1, -0.05) is 15.9 Å². The van der Waals surface area contributed by atoms with Crippen LogP contribution in [0, 0.1) is 6.92 Å². The zero-order chi connectivity index (χ0) is 11.6. The van der Waals surface area contributed by atoms with Gasteiger partial charge in [0.25, 0.3) is 0 Å². The number of benzene rings is 1. The van der Waals surface area contributed by atoms with Crippen LogP contribution in [-0.4, -0.2) is 11.2 Å². The van der Waals surface area contributed by atoms with Crippen LogP contribution in [0.25, 0.3) is 0 Å². The van der Waals surface area contributed by atoms with Gasteiger partial charge in [-0.3, -0.25) is 0 Å². The fourth-order valence-corrected chi connectivity index (χ4v) is 2.16. The number of hydrogen-bond donors (Lipinski definition) is 1. The van der Waals surface area contributed by atoms with Crippen LogP contribution >= 0.6 is 15.9 Å². The molecule has 3 heteroatoms. The van der Waals surface area contributed by atoms with Crippen molar-refractivity contribution >= 4 is 15.9 Å². The Morgan fingerprint density at radius 1 is 1.27 bits per heavy atom. The molecule has 0 amide bonds. The van der Waals surface area contributed by atoms with E-state index >= 15 is 0 Å². The fourth-order valence-electron chi connectivity index (χ4n) is 1.37. The van der Waals surface area contributed by atoms with Crippen LogP contribution in [0.1, 0.15) is 38.0 Å². The van der Waals surface area contributed by atoms with Gasteiger partial charge in [-0.25, -0.2) is 0 Å². The SMILES string of the molecule is Cc1cc(Br)c(C(C)O)cc1OC(C)C. The molecule has 1 aromatic rings. The smallest absolute Gasteiger partial charge is 0.123 e. The molecule has 84 valence electrons. The van der Waals surface area contributed by atoms with Crippen LogP contribution in [0.5, 0.6) is 5.75 Å². The Bertz CT molecular complexity index is 346. The summed E-state index contributed by atoms with van der Waals surface area (Å²) in [5, 5.41) is 9.57. The molecule has 0 aromatic heterocycles. The van der Waals surface area contributed by atoms with Crippen LogP contribution in [0.3, 0.4) is 0 Å². The standard InChI is InChI=1S/C12H17BrO2/c1-7(2)15-12-6-10(9(4)14)11(13)5-8(12)3/h5-7,9,14H,1-4H3. The Hall–Kier alpha value is -0.540. The monoisotopic (exact) mass is 272 g/mol. The third-order valence-electron chi connectivity index (χ3n) is 2.11.